The smallest absolute Gasteiger partial charge is 0.339 e. The average Bonchev–Trinajstić information content (AvgIpc) is 2.66. The fraction of sp³-hybridized carbons (Fsp3) is 0.385. The molecule has 32 heavy (non-hydrogen) atoms. The minimum atomic E-state index is -0.631. The highest BCUT2D eigenvalue weighted by molar-refractivity contribution is 6.07. The highest BCUT2D eigenvalue weighted by Gasteiger charge is 2.24. The monoisotopic (exact) mass is 442 g/mol. The van der Waals surface area contributed by atoms with Crippen molar-refractivity contribution in [3.05, 3.63) is 64.0 Å². The summed E-state index contributed by atoms with van der Waals surface area (Å²) >= 11 is 0. The number of benzene rings is 2. The zero-order valence-corrected chi connectivity index (χ0v) is 20.0. The lowest BCUT2D eigenvalue weighted by Crippen LogP contribution is -2.25. The van der Waals surface area contributed by atoms with Crippen molar-refractivity contribution in [2.45, 2.75) is 60.2 Å². The van der Waals surface area contributed by atoms with E-state index in [0.717, 1.165) is 6.07 Å². The molecule has 0 radical (unpaired) electrons. The number of esters is 1. The van der Waals surface area contributed by atoms with Crippen LogP contribution < -0.4 is 9.47 Å². The molecular weight excluding hydrogens is 411 g/mol. The number of hydrogen-bond donors (Lipinski definition) is 0. The van der Waals surface area contributed by atoms with E-state index in [1.165, 1.54) is 25.3 Å². The minimum absolute atomic E-state index is 0.0714. The van der Waals surface area contributed by atoms with Crippen LogP contribution in [0.15, 0.2) is 30.3 Å². The number of allylic oxidation sites excluding steroid dienone is 1. The second-order valence-corrected chi connectivity index (χ2v) is 8.83. The number of hydrogen-bond acceptors (Lipinski definition) is 5. The normalized spacial score (nSPS) is 11.7. The Kier molecular flexibility index (Phi) is 7.83. The quantitative estimate of drug-likeness (QED) is 0.295. The first-order valence-corrected chi connectivity index (χ1v) is 10.4. The molecular formula is C26H31FO5. The van der Waals surface area contributed by atoms with Gasteiger partial charge in [-0.15, -0.1) is 0 Å². The number of ketones is 1. The lowest BCUT2D eigenvalue weighted by atomic mass is 9.96. The minimum Gasteiger partial charge on any atom is -0.494 e. The maximum atomic E-state index is 14.0. The Morgan fingerprint density at radius 1 is 1.09 bits per heavy atom. The third-order valence-electron chi connectivity index (χ3n) is 4.55. The predicted octanol–water partition coefficient (Wildman–Crippen LogP) is 6.09. The molecule has 0 fully saturated rings. The van der Waals surface area contributed by atoms with Gasteiger partial charge in [0.25, 0.3) is 0 Å². The van der Waals surface area contributed by atoms with E-state index in [1.807, 2.05) is 41.5 Å². The summed E-state index contributed by atoms with van der Waals surface area (Å²) in [5.74, 6) is -0.836. The van der Waals surface area contributed by atoms with Crippen LogP contribution in [0.5, 0.6) is 11.5 Å². The van der Waals surface area contributed by atoms with Crippen molar-refractivity contribution in [1.82, 2.24) is 0 Å². The molecule has 0 bridgehead atoms. The molecule has 2 rings (SSSR count). The fourth-order valence-corrected chi connectivity index (χ4v) is 3.24. The number of carbonyl (C=O) groups excluding carboxylic acids is 2. The number of halogens is 1. The molecule has 0 aliphatic carbocycles. The Balaban J connectivity index is 2.47. The molecule has 0 heterocycles. The van der Waals surface area contributed by atoms with Gasteiger partial charge in [0.1, 0.15) is 11.4 Å². The van der Waals surface area contributed by atoms with E-state index in [1.54, 1.807) is 19.1 Å². The Morgan fingerprint density at radius 2 is 1.75 bits per heavy atom. The van der Waals surface area contributed by atoms with E-state index >= 15 is 0 Å². The molecule has 6 heteroatoms. The average molecular weight is 443 g/mol. The largest absolute Gasteiger partial charge is 0.494 e. The lowest BCUT2D eigenvalue weighted by molar-refractivity contribution is 0.00671. The number of methoxy groups -OCH3 is 1. The SMILES string of the molecule is COc1ccc(C(=O)C=Cc2cc(C)c(C(=O)OC(C)(C)C)c(C)c2OC(C)C)cc1F. The van der Waals surface area contributed by atoms with Gasteiger partial charge in [0, 0.05) is 16.7 Å². The van der Waals surface area contributed by atoms with Crippen LogP contribution in [-0.4, -0.2) is 30.6 Å². The van der Waals surface area contributed by atoms with Crippen molar-refractivity contribution in [2.24, 2.45) is 0 Å². The van der Waals surface area contributed by atoms with E-state index in [0.29, 0.717) is 28.0 Å². The van der Waals surface area contributed by atoms with Crippen LogP contribution in [0, 0.1) is 19.7 Å². The van der Waals surface area contributed by atoms with Gasteiger partial charge in [-0.3, -0.25) is 4.79 Å². The van der Waals surface area contributed by atoms with Crippen molar-refractivity contribution in [3.63, 3.8) is 0 Å². The maximum Gasteiger partial charge on any atom is 0.339 e. The summed E-state index contributed by atoms with van der Waals surface area (Å²) in [6.07, 6.45) is 2.82. The van der Waals surface area contributed by atoms with Crippen LogP contribution in [0.25, 0.3) is 6.08 Å². The highest BCUT2D eigenvalue weighted by Crippen LogP contribution is 2.33. The molecule has 0 atom stereocenters. The van der Waals surface area contributed by atoms with Crippen molar-refractivity contribution in [3.8, 4) is 11.5 Å². The summed E-state index contributed by atoms with van der Waals surface area (Å²) in [4.78, 5) is 25.4. The van der Waals surface area contributed by atoms with Crippen LogP contribution in [0.4, 0.5) is 4.39 Å². The third-order valence-corrected chi connectivity index (χ3v) is 4.55. The highest BCUT2D eigenvalue weighted by atomic mass is 19.1. The lowest BCUT2D eigenvalue weighted by Gasteiger charge is -2.23. The van der Waals surface area contributed by atoms with Crippen molar-refractivity contribution < 1.29 is 28.2 Å². The fourth-order valence-electron chi connectivity index (χ4n) is 3.24. The first kappa shape index (κ1) is 25.1. The second kappa shape index (κ2) is 9.98. The van der Waals surface area contributed by atoms with Gasteiger partial charge < -0.3 is 14.2 Å². The predicted molar refractivity (Wildman–Crippen MR) is 123 cm³/mol. The van der Waals surface area contributed by atoms with Crippen LogP contribution in [0.1, 0.15) is 72.0 Å². The standard InChI is InChI=1S/C26H31FO5/c1-15(2)31-24-17(4)23(25(29)32-26(5,6)7)16(3)13-19(24)9-11-21(28)18-10-12-22(30-8)20(27)14-18/h9-15H,1-8H3. The van der Waals surface area contributed by atoms with Crippen molar-refractivity contribution >= 4 is 17.8 Å². The number of ether oxygens (including phenoxy) is 3. The van der Waals surface area contributed by atoms with E-state index in [9.17, 15) is 14.0 Å². The topological polar surface area (TPSA) is 61.8 Å². The van der Waals surface area contributed by atoms with E-state index in [4.69, 9.17) is 14.2 Å². The molecule has 0 spiro atoms. The van der Waals surface area contributed by atoms with Crippen molar-refractivity contribution in [2.75, 3.05) is 7.11 Å². The van der Waals surface area contributed by atoms with E-state index in [-0.39, 0.29) is 23.2 Å². The molecule has 172 valence electrons. The first-order valence-electron chi connectivity index (χ1n) is 10.4. The Morgan fingerprint density at radius 3 is 2.28 bits per heavy atom. The van der Waals surface area contributed by atoms with Gasteiger partial charge in [0.2, 0.25) is 0 Å². The number of carbonyl (C=O) groups is 2. The number of aryl methyl sites for hydroxylation is 1. The summed E-state index contributed by atoms with van der Waals surface area (Å²) in [6.45, 7) is 12.8. The summed E-state index contributed by atoms with van der Waals surface area (Å²) in [7, 11) is 1.36. The van der Waals surface area contributed by atoms with Gasteiger partial charge in [-0.05, 0) is 90.4 Å². The zero-order chi connectivity index (χ0) is 24.2. The second-order valence-electron chi connectivity index (χ2n) is 8.83. The van der Waals surface area contributed by atoms with E-state index < -0.39 is 17.4 Å². The summed E-state index contributed by atoms with van der Waals surface area (Å²) in [6, 6.07) is 5.83. The molecule has 5 nitrogen and oxygen atoms in total. The molecule has 0 unspecified atom stereocenters. The van der Waals surface area contributed by atoms with Gasteiger partial charge in [-0.2, -0.15) is 0 Å². The zero-order valence-electron chi connectivity index (χ0n) is 20.0. The number of rotatable bonds is 7. The van der Waals surface area contributed by atoms with Gasteiger partial charge in [0.15, 0.2) is 17.3 Å². The maximum absolute atomic E-state index is 14.0. The molecule has 2 aromatic rings. The summed E-state index contributed by atoms with van der Waals surface area (Å²) in [5.41, 5.74) is 1.99. The van der Waals surface area contributed by atoms with Gasteiger partial charge >= 0.3 is 5.97 Å². The third kappa shape index (κ3) is 6.19. The molecule has 2 aromatic carbocycles. The molecule has 0 amide bonds. The van der Waals surface area contributed by atoms with Gasteiger partial charge in [0.05, 0.1) is 18.8 Å². The molecule has 0 aliphatic rings. The van der Waals surface area contributed by atoms with Crippen molar-refractivity contribution in [1.29, 1.82) is 0 Å². The van der Waals surface area contributed by atoms with Gasteiger partial charge in [-0.1, -0.05) is 0 Å². The molecule has 0 saturated carbocycles. The molecule has 0 aromatic heterocycles. The first-order chi connectivity index (χ1) is 14.8. The molecule has 0 aliphatic heterocycles. The molecule has 0 saturated heterocycles. The Bertz CT molecular complexity index is 1050. The summed E-state index contributed by atoms with van der Waals surface area (Å²) in [5, 5.41) is 0. The van der Waals surface area contributed by atoms with Crippen LogP contribution >= 0.6 is 0 Å². The molecule has 0 N–H and O–H groups in total. The Hall–Kier alpha value is -3.15. The Labute approximate surface area is 189 Å². The van der Waals surface area contributed by atoms with E-state index in [2.05, 4.69) is 0 Å². The summed E-state index contributed by atoms with van der Waals surface area (Å²) < 4.78 is 30.4. The van der Waals surface area contributed by atoms with Crippen LogP contribution in [0.2, 0.25) is 0 Å². The van der Waals surface area contributed by atoms with Gasteiger partial charge in [-0.25, -0.2) is 9.18 Å². The van der Waals surface area contributed by atoms with Crippen LogP contribution in [-0.2, 0) is 4.74 Å². The van der Waals surface area contributed by atoms with Crippen LogP contribution in [0.3, 0.4) is 0 Å².